The van der Waals surface area contributed by atoms with Crippen LogP contribution in [0.1, 0.15) is 80.6 Å². The summed E-state index contributed by atoms with van der Waals surface area (Å²) in [5.74, 6) is -0.946. The maximum Gasteiger partial charge on any atom is 0.339 e. The molecule has 0 aromatic carbocycles. The van der Waals surface area contributed by atoms with Gasteiger partial charge in [-0.25, -0.2) is 14.6 Å². The summed E-state index contributed by atoms with van der Waals surface area (Å²) in [7, 11) is 0. The Morgan fingerprint density at radius 2 is 1.55 bits per heavy atom. The Labute approximate surface area is 123 Å². The van der Waals surface area contributed by atoms with Crippen LogP contribution in [0, 0.1) is 5.41 Å². The highest BCUT2D eigenvalue weighted by molar-refractivity contribution is 5.77. The Morgan fingerprint density at radius 3 is 1.90 bits per heavy atom. The third-order valence-electron chi connectivity index (χ3n) is 4.82. The fraction of sp³-hybridized carbons (Fsp3) is 0.938. The van der Waals surface area contributed by atoms with Gasteiger partial charge < -0.3 is 5.11 Å². The number of unbranched alkanes of at least 4 members (excludes halogenated alkanes) is 1. The van der Waals surface area contributed by atoms with Crippen molar-refractivity contribution in [3.8, 4) is 0 Å². The maximum atomic E-state index is 11.6. The van der Waals surface area contributed by atoms with Gasteiger partial charge in [-0.05, 0) is 38.5 Å². The average Bonchev–Trinajstić information content (AvgIpc) is 2.38. The first-order chi connectivity index (χ1) is 9.08. The summed E-state index contributed by atoms with van der Waals surface area (Å²) in [5.41, 5.74) is -1.89. The van der Waals surface area contributed by atoms with Crippen LogP contribution in [-0.2, 0) is 14.6 Å². The van der Waals surface area contributed by atoms with Crippen LogP contribution in [0.4, 0.5) is 0 Å². The largest absolute Gasteiger partial charge is 0.479 e. The van der Waals surface area contributed by atoms with Gasteiger partial charge in [0.05, 0.1) is 0 Å². The number of rotatable bonds is 10. The summed E-state index contributed by atoms with van der Waals surface area (Å²) >= 11 is 0. The molecule has 0 aromatic rings. The minimum absolute atomic E-state index is 0.101. The lowest BCUT2D eigenvalue weighted by Crippen LogP contribution is -2.47. The summed E-state index contributed by atoms with van der Waals surface area (Å²) in [6.07, 6.45) is 3.52. The third-order valence-corrected chi connectivity index (χ3v) is 4.82. The lowest BCUT2D eigenvalue weighted by Gasteiger charge is -2.41. The van der Waals surface area contributed by atoms with E-state index < -0.39 is 17.2 Å². The second kappa shape index (κ2) is 7.41. The van der Waals surface area contributed by atoms with Crippen molar-refractivity contribution in [2.75, 3.05) is 0 Å². The predicted octanol–water partition coefficient (Wildman–Crippen LogP) is 4.57. The van der Waals surface area contributed by atoms with Crippen LogP contribution in [0.25, 0.3) is 0 Å². The lowest BCUT2D eigenvalue weighted by molar-refractivity contribution is -0.418. The molecule has 120 valence electrons. The molecule has 0 heterocycles. The fourth-order valence-corrected chi connectivity index (χ4v) is 1.76. The van der Waals surface area contributed by atoms with Gasteiger partial charge in [0, 0.05) is 0 Å². The van der Waals surface area contributed by atoms with Crippen LogP contribution in [-0.4, -0.2) is 22.3 Å². The van der Waals surface area contributed by atoms with E-state index in [2.05, 4.69) is 20.8 Å². The second-order valence-electron chi connectivity index (χ2n) is 6.67. The van der Waals surface area contributed by atoms with E-state index >= 15 is 0 Å². The molecule has 0 aliphatic rings. The number of hydrogen-bond donors (Lipinski definition) is 1. The Hall–Kier alpha value is -0.610. The Bertz CT molecular complexity index is 310. The number of hydrogen-bond acceptors (Lipinski definition) is 3. The van der Waals surface area contributed by atoms with Crippen LogP contribution in [0.5, 0.6) is 0 Å². The van der Waals surface area contributed by atoms with Gasteiger partial charge in [0.15, 0.2) is 5.60 Å². The fourth-order valence-electron chi connectivity index (χ4n) is 1.76. The highest BCUT2D eigenvalue weighted by atomic mass is 17.2. The van der Waals surface area contributed by atoms with Gasteiger partial charge in [-0.15, -0.1) is 0 Å². The highest BCUT2D eigenvalue weighted by Gasteiger charge is 2.44. The first-order valence-corrected chi connectivity index (χ1v) is 7.68. The first-order valence-electron chi connectivity index (χ1n) is 7.68. The zero-order chi connectivity index (χ0) is 16.0. The van der Waals surface area contributed by atoms with E-state index in [-0.39, 0.29) is 5.41 Å². The molecule has 0 spiro atoms. The topological polar surface area (TPSA) is 55.8 Å². The van der Waals surface area contributed by atoms with Crippen molar-refractivity contribution in [3.63, 3.8) is 0 Å². The predicted molar refractivity (Wildman–Crippen MR) is 80.5 cm³/mol. The molecule has 0 amide bonds. The minimum atomic E-state index is -1.24. The molecule has 4 nitrogen and oxygen atoms in total. The second-order valence-corrected chi connectivity index (χ2v) is 6.67. The van der Waals surface area contributed by atoms with Gasteiger partial charge in [0.1, 0.15) is 5.60 Å². The van der Waals surface area contributed by atoms with E-state index in [1.165, 1.54) is 0 Å². The van der Waals surface area contributed by atoms with E-state index in [9.17, 15) is 9.90 Å². The Balaban J connectivity index is 4.97. The average molecular weight is 288 g/mol. The van der Waals surface area contributed by atoms with E-state index in [1.807, 2.05) is 27.7 Å². The van der Waals surface area contributed by atoms with E-state index in [0.29, 0.717) is 12.8 Å². The molecule has 0 bridgehead atoms. The third kappa shape index (κ3) is 4.45. The van der Waals surface area contributed by atoms with Gasteiger partial charge in [0.25, 0.3) is 0 Å². The number of carbonyl (C=O) groups is 1. The van der Waals surface area contributed by atoms with Crippen molar-refractivity contribution in [2.24, 2.45) is 5.41 Å². The van der Waals surface area contributed by atoms with Crippen molar-refractivity contribution >= 4 is 5.97 Å². The summed E-state index contributed by atoms with van der Waals surface area (Å²) in [5, 5.41) is 9.50. The summed E-state index contributed by atoms with van der Waals surface area (Å²) < 4.78 is 0. The lowest BCUT2D eigenvalue weighted by atomic mass is 9.75. The van der Waals surface area contributed by atoms with Gasteiger partial charge in [0.2, 0.25) is 0 Å². The molecule has 1 unspecified atom stereocenters. The molecule has 20 heavy (non-hydrogen) atoms. The molecule has 1 N–H and O–H groups in total. The minimum Gasteiger partial charge on any atom is -0.479 e. The summed E-state index contributed by atoms with van der Waals surface area (Å²) in [6, 6.07) is 0. The van der Waals surface area contributed by atoms with Crippen LogP contribution in [0.2, 0.25) is 0 Å². The number of aliphatic carboxylic acids is 1. The van der Waals surface area contributed by atoms with Crippen LogP contribution in [0.3, 0.4) is 0 Å². The van der Waals surface area contributed by atoms with E-state index in [0.717, 1.165) is 19.3 Å². The molecule has 0 aliphatic carbocycles. The van der Waals surface area contributed by atoms with Crippen molar-refractivity contribution in [3.05, 3.63) is 0 Å². The normalized spacial score (nSPS) is 15.9. The molecule has 0 aromatic heterocycles. The molecule has 0 saturated heterocycles. The van der Waals surface area contributed by atoms with Crippen LogP contribution >= 0.6 is 0 Å². The van der Waals surface area contributed by atoms with Gasteiger partial charge in [-0.3, -0.25) is 0 Å². The summed E-state index contributed by atoms with van der Waals surface area (Å²) in [4.78, 5) is 22.7. The first kappa shape index (κ1) is 19.4. The van der Waals surface area contributed by atoms with Crippen LogP contribution in [0.15, 0.2) is 0 Å². The molecule has 0 rings (SSSR count). The van der Waals surface area contributed by atoms with Gasteiger partial charge >= 0.3 is 5.97 Å². The molecule has 0 radical (unpaired) electrons. The molecule has 0 saturated carbocycles. The Kier molecular flexibility index (Phi) is 7.19. The van der Waals surface area contributed by atoms with E-state index in [4.69, 9.17) is 9.78 Å². The molecular weight excluding hydrogens is 256 g/mol. The van der Waals surface area contributed by atoms with Gasteiger partial charge in [-0.1, -0.05) is 47.5 Å². The van der Waals surface area contributed by atoms with Crippen molar-refractivity contribution < 1.29 is 19.7 Å². The maximum absolute atomic E-state index is 11.6. The number of carboxylic acids is 1. The Morgan fingerprint density at radius 1 is 1.00 bits per heavy atom. The van der Waals surface area contributed by atoms with Crippen LogP contribution < -0.4 is 0 Å². The monoisotopic (exact) mass is 288 g/mol. The molecule has 0 fully saturated rings. The van der Waals surface area contributed by atoms with Crippen molar-refractivity contribution in [1.82, 2.24) is 0 Å². The van der Waals surface area contributed by atoms with Crippen molar-refractivity contribution in [2.45, 2.75) is 91.8 Å². The van der Waals surface area contributed by atoms with Crippen molar-refractivity contribution in [1.29, 1.82) is 0 Å². The van der Waals surface area contributed by atoms with Gasteiger partial charge in [-0.2, -0.15) is 0 Å². The highest BCUT2D eigenvalue weighted by Crippen LogP contribution is 2.38. The molecule has 4 heteroatoms. The molecule has 1 atom stereocenters. The molecule has 0 aliphatic heterocycles. The smallest absolute Gasteiger partial charge is 0.339 e. The molecular formula is C16H32O4. The standard InChI is InChI=1S/C16H32O4/c1-8-11-12-16(10-3,13(17)18)20-19-15(6,7)14(4,5)9-2/h8-12H2,1-7H3,(H,17,18). The van der Waals surface area contributed by atoms with E-state index in [1.54, 1.807) is 0 Å². The zero-order valence-corrected chi connectivity index (χ0v) is 14.2. The zero-order valence-electron chi connectivity index (χ0n) is 14.2. The SMILES string of the molecule is CCCCC(CC)(OOC(C)(C)C(C)(C)CC)C(=O)O. The quantitative estimate of drug-likeness (QED) is 0.472. The summed E-state index contributed by atoms with van der Waals surface area (Å²) in [6.45, 7) is 14.0. The number of carboxylic acid groups (broad SMARTS) is 1.